The van der Waals surface area contributed by atoms with E-state index in [1.807, 2.05) is 121 Å². The molecular formula is C35H31N3O2. The summed E-state index contributed by atoms with van der Waals surface area (Å²) in [6.07, 6.45) is 0.532. The summed E-state index contributed by atoms with van der Waals surface area (Å²) in [4.78, 5) is 30.7. The van der Waals surface area contributed by atoms with Gasteiger partial charge in [0.1, 0.15) is 11.6 Å². The Bertz CT molecular complexity index is 1330. The van der Waals surface area contributed by atoms with Gasteiger partial charge in [-0.15, -0.1) is 0 Å². The van der Waals surface area contributed by atoms with Crippen LogP contribution in [-0.4, -0.2) is 16.8 Å². The van der Waals surface area contributed by atoms with E-state index in [9.17, 15) is 9.59 Å². The van der Waals surface area contributed by atoms with Crippen molar-refractivity contribution >= 4 is 23.5 Å². The molecule has 198 valence electrons. The minimum atomic E-state index is -0.151. The average molecular weight is 526 g/mol. The molecule has 40 heavy (non-hydrogen) atoms. The van der Waals surface area contributed by atoms with E-state index >= 15 is 0 Å². The first-order chi connectivity index (χ1) is 19.7. The summed E-state index contributed by atoms with van der Waals surface area (Å²) < 4.78 is 0. The van der Waals surface area contributed by atoms with Gasteiger partial charge in [-0.1, -0.05) is 127 Å². The highest BCUT2D eigenvalue weighted by Gasteiger charge is 2.20. The lowest BCUT2D eigenvalue weighted by Crippen LogP contribution is -2.19. The molecule has 0 saturated heterocycles. The Hall–Kier alpha value is -5.03. The van der Waals surface area contributed by atoms with Gasteiger partial charge in [-0.3, -0.25) is 9.59 Å². The van der Waals surface area contributed by atoms with Crippen LogP contribution in [-0.2, 0) is 9.59 Å². The summed E-state index contributed by atoms with van der Waals surface area (Å²) in [6, 6.07) is 45.3. The van der Waals surface area contributed by atoms with Crippen LogP contribution in [0.3, 0.4) is 0 Å². The van der Waals surface area contributed by atoms with Crippen molar-refractivity contribution in [2.24, 2.45) is 0 Å². The van der Waals surface area contributed by atoms with Gasteiger partial charge >= 0.3 is 0 Å². The van der Waals surface area contributed by atoms with Crippen molar-refractivity contribution in [2.75, 3.05) is 10.6 Å². The Balaban J connectivity index is 1.26. The Labute approximate surface area is 234 Å². The van der Waals surface area contributed by atoms with Gasteiger partial charge in [0.15, 0.2) is 0 Å². The van der Waals surface area contributed by atoms with Crippen LogP contribution in [0, 0.1) is 0 Å². The highest BCUT2D eigenvalue weighted by atomic mass is 16.2. The van der Waals surface area contributed by atoms with E-state index in [0.29, 0.717) is 11.6 Å². The third kappa shape index (κ3) is 7.08. The van der Waals surface area contributed by atoms with Crippen LogP contribution in [0.5, 0.6) is 0 Å². The molecule has 4 aromatic carbocycles. The standard InChI is InChI=1S/C35H31N3O2/c39-34(24-30(26-14-5-1-6-15-26)27-16-7-2-8-17-27)37-32-22-13-23-33(36-32)38-35(40)25-31(28-18-9-3-10-19-28)29-20-11-4-12-21-29/h1-23,30-31H,24-25H2,(H2,36,37,38,39,40). The molecule has 5 aromatic rings. The lowest BCUT2D eigenvalue weighted by atomic mass is 9.88. The van der Waals surface area contributed by atoms with Crippen molar-refractivity contribution in [1.29, 1.82) is 0 Å². The minimum absolute atomic E-state index is 0.0850. The van der Waals surface area contributed by atoms with Crippen molar-refractivity contribution in [3.8, 4) is 0 Å². The molecule has 0 atom stereocenters. The van der Waals surface area contributed by atoms with Crippen molar-refractivity contribution in [3.05, 3.63) is 162 Å². The zero-order valence-corrected chi connectivity index (χ0v) is 22.1. The quantitative estimate of drug-likeness (QED) is 0.200. The highest BCUT2D eigenvalue weighted by Crippen LogP contribution is 2.29. The molecule has 2 amide bonds. The van der Waals surface area contributed by atoms with E-state index in [1.54, 1.807) is 18.2 Å². The maximum absolute atomic E-state index is 13.1. The first-order valence-corrected chi connectivity index (χ1v) is 13.4. The molecular weight excluding hydrogens is 494 g/mol. The number of hydrogen-bond acceptors (Lipinski definition) is 3. The summed E-state index contributed by atoms with van der Waals surface area (Å²) in [5, 5.41) is 5.83. The van der Waals surface area contributed by atoms with Gasteiger partial charge in [0.2, 0.25) is 11.8 Å². The summed E-state index contributed by atoms with van der Waals surface area (Å²) in [6.45, 7) is 0. The lowest BCUT2D eigenvalue weighted by Gasteiger charge is -2.18. The average Bonchev–Trinajstić information content (AvgIpc) is 3.00. The molecule has 0 spiro atoms. The first-order valence-electron chi connectivity index (χ1n) is 13.4. The molecule has 0 bridgehead atoms. The number of nitrogens with one attached hydrogen (secondary N) is 2. The molecule has 0 fully saturated rings. The first kappa shape index (κ1) is 26.6. The van der Waals surface area contributed by atoms with Crippen molar-refractivity contribution in [3.63, 3.8) is 0 Å². The fourth-order valence-electron chi connectivity index (χ4n) is 4.93. The van der Waals surface area contributed by atoms with Gasteiger partial charge in [0.05, 0.1) is 0 Å². The van der Waals surface area contributed by atoms with E-state index in [4.69, 9.17) is 0 Å². The van der Waals surface area contributed by atoms with Gasteiger partial charge in [0, 0.05) is 24.7 Å². The summed E-state index contributed by atoms with van der Waals surface area (Å²) >= 11 is 0. The van der Waals surface area contributed by atoms with Gasteiger partial charge in [0.25, 0.3) is 0 Å². The number of carbonyl (C=O) groups excluding carboxylic acids is 2. The molecule has 1 heterocycles. The van der Waals surface area contributed by atoms with E-state index in [1.165, 1.54) is 0 Å². The number of nitrogens with zero attached hydrogens (tertiary/aromatic N) is 1. The second-order valence-electron chi connectivity index (χ2n) is 9.66. The topological polar surface area (TPSA) is 71.1 Å². The van der Waals surface area contributed by atoms with E-state index in [2.05, 4.69) is 15.6 Å². The number of anilines is 2. The zero-order chi connectivity index (χ0) is 27.6. The van der Waals surface area contributed by atoms with Crippen molar-refractivity contribution in [1.82, 2.24) is 4.98 Å². The predicted octanol–water partition coefficient (Wildman–Crippen LogP) is 7.40. The monoisotopic (exact) mass is 525 g/mol. The molecule has 0 aliphatic rings. The summed E-state index contributed by atoms with van der Waals surface area (Å²) in [5.74, 6) is 0.316. The normalized spacial score (nSPS) is 10.8. The van der Waals surface area contributed by atoms with Crippen molar-refractivity contribution < 1.29 is 9.59 Å². The second-order valence-corrected chi connectivity index (χ2v) is 9.66. The van der Waals surface area contributed by atoms with Gasteiger partial charge < -0.3 is 10.6 Å². The van der Waals surface area contributed by atoms with Gasteiger partial charge in [-0.2, -0.15) is 0 Å². The minimum Gasteiger partial charge on any atom is -0.311 e. The molecule has 5 heteroatoms. The zero-order valence-electron chi connectivity index (χ0n) is 22.1. The van der Waals surface area contributed by atoms with Crippen LogP contribution >= 0.6 is 0 Å². The Morgan fingerprint density at radius 1 is 0.450 bits per heavy atom. The lowest BCUT2D eigenvalue weighted by molar-refractivity contribution is -0.117. The number of pyridine rings is 1. The van der Waals surface area contributed by atoms with E-state index in [-0.39, 0.29) is 36.5 Å². The molecule has 5 rings (SSSR count). The summed E-state index contributed by atoms with van der Waals surface area (Å²) in [7, 11) is 0. The van der Waals surface area contributed by atoms with Gasteiger partial charge in [-0.05, 0) is 34.4 Å². The fourth-order valence-corrected chi connectivity index (χ4v) is 4.93. The number of carbonyl (C=O) groups is 2. The molecule has 1 aromatic heterocycles. The molecule has 0 radical (unpaired) electrons. The number of hydrogen-bond donors (Lipinski definition) is 2. The number of aromatic nitrogens is 1. The highest BCUT2D eigenvalue weighted by molar-refractivity contribution is 5.93. The van der Waals surface area contributed by atoms with E-state index in [0.717, 1.165) is 22.3 Å². The third-order valence-corrected chi connectivity index (χ3v) is 6.87. The Kier molecular flexibility index (Phi) is 8.74. The second kappa shape index (κ2) is 13.2. The molecule has 0 unspecified atom stereocenters. The number of rotatable bonds is 10. The fraction of sp³-hybridized carbons (Fsp3) is 0.114. The maximum atomic E-state index is 13.1. The third-order valence-electron chi connectivity index (χ3n) is 6.87. The van der Waals surface area contributed by atoms with Crippen LogP contribution < -0.4 is 10.6 Å². The SMILES string of the molecule is O=C(CC(c1ccccc1)c1ccccc1)Nc1cccc(NC(=O)CC(c2ccccc2)c2ccccc2)n1. The molecule has 0 aliphatic heterocycles. The van der Waals surface area contributed by atoms with Crippen LogP contribution in [0.1, 0.15) is 46.9 Å². The Morgan fingerprint density at radius 3 is 1.05 bits per heavy atom. The van der Waals surface area contributed by atoms with Crippen molar-refractivity contribution in [2.45, 2.75) is 24.7 Å². The van der Waals surface area contributed by atoms with Crippen LogP contribution in [0.4, 0.5) is 11.6 Å². The maximum Gasteiger partial charge on any atom is 0.226 e. The summed E-state index contributed by atoms with van der Waals surface area (Å²) in [5.41, 5.74) is 4.29. The number of benzene rings is 4. The largest absolute Gasteiger partial charge is 0.311 e. The van der Waals surface area contributed by atoms with Crippen LogP contribution in [0.15, 0.2) is 140 Å². The van der Waals surface area contributed by atoms with Crippen LogP contribution in [0.2, 0.25) is 0 Å². The predicted molar refractivity (Wildman–Crippen MR) is 160 cm³/mol. The van der Waals surface area contributed by atoms with Gasteiger partial charge in [-0.25, -0.2) is 4.98 Å². The number of amides is 2. The molecule has 2 N–H and O–H groups in total. The smallest absolute Gasteiger partial charge is 0.226 e. The van der Waals surface area contributed by atoms with E-state index < -0.39 is 0 Å². The Morgan fingerprint density at radius 2 is 0.750 bits per heavy atom. The molecule has 5 nitrogen and oxygen atoms in total. The van der Waals surface area contributed by atoms with Crippen LogP contribution in [0.25, 0.3) is 0 Å². The molecule has 0 aliphatic carbocycles. The molecule has 0 saturated carbocycles.